The van der Waals surface area contributed by atoms with Crippen molar-refractivity contribution in [3.05, 3.63) is 57.2 Å². The first-order valence-electron chi connectivity index (χ1n) is 5.83. The Morgan fingerprint density at radius 1 is 1.18 bits per heavy atom. The maximum atomic E-state index is 12.4. The number of nitrogens with zero attached hydrogens (tertiary/aromatic N) is 1. The van der Waals surface area contributed by atoms with E-state index >= 15 is 0 Å². The normalized spacial score (nSPS) is 14.4. The van der Waals surface area contributed by atoms with Gasteiger partial charge in [-0.3, -0.25) is 10.1 Å². The van der Waals surface area contributed by atoms with Crippen molar-refractivity contribution in [2.45, 2.75) is 4.90 Å². The van der Waals surface area contributed by atoms with Gasteiger partial charge in [-0.1, -0.05) is 11.6 Å². The number of non-ortho nitro benzene ring substituents is 1. The molecule has 22 heavy (non-hydrogen) atoms. The van der Waals surface area contributed by atoms with E-state index in [2.05, 4.69) is 4.98 Å². The van der Waals surface area contributed by atoms with Crippen LogP contribution in [0.2, 0.25) is 0 Å². The summed E-state index contributed by atoms with van der Waals surface area (Å²) in [6, 6.07) is 5.81. The van der Waals surface area contributed by atoms with E-state index < -0.39 is 19.8 Å². The molecule has 2 rings (SSSR count). The fraction of sp³-hybridized carbons (Fsp3) is 0. The van der Waals surface area contributed by atoms with Gasteiger partial charge in [0.2, 0.25) is 9.84 Å². The molecule has 1 heterocycles. The second-order valence-electron chi connectivity index (χ2n) is 4.23. The Kier molecular flexibility index (Phi) is 4.11. The second kappa shape index (κ2) is 5.70. The van der Waals surface area contributed by atoms with E-state index in [0.29, 0.717) is 0 Å². The van der Waals surface area contributed by atoms with Gasteiger partial charge in [0, 0.05) is 23.5 Å². The van der Waals surface area contributed by atoms with Crippen LogP contribution in [-0.2, 0) is 9.84 Å². The Bertz CT molecular complexity index is 944. The highest BCUT2D eigenvalue weighted by atomic mass is 35.5. The number of sulfone groups is 1. The number of H-pyrrole nitrogens is 1. The van der Waals surface area contributed by atoms with Gasteiger partial charge in [0.1, 0.15) is 10.2 Å². The summed E-state index contributed by atoms with van der Waals surface area (Å²) in [4.78, 5) is 12.5. The molecule has 0 aliphatic heterocycles. The highest BCUT2D eigenvalue weighted by molar-refractivity contribution is 8.00. The Morgan fingerprint density at radius 3 is 2.27 bits per heavy atom. The summed E-state index contributed by atoms with van der Waals surface area (Å²) in [5.74, 6) is 0. The van der Waals surface area contributed by atoms with Gasteiger partial charge in [0.25, 0.3) is 5.69 Å². The first-order chi connectivity index (χ1) is 10.2. The van der Waals surface area contributed by atoms with Gasteiger partial charge in [-0.15, -0.1) is 0 Å². The minimum absolute atomic E-state index is 0.130. The molecule has 1 aromatic carbocycles. The Hall–Kier alpha value is -2.52. The molecule has 0 saturated heterocycles. The number of rotatable bonds is 3. The van der Waals surface area contributed by atoms with E-state index in [4.69, 9.17) is 23.1 Å². The number of halogens is 1. The number of nitrogens with one attached hydrogen (secondary N) is 1. The van der Waals surface area contributed by atoms with Crippen LogP contribution in [0.4, 0.5) is 5.69 Å². The predicted molar refractivity (Wildman–Crippen MR) is 81.4 cm³/mol. The van der Waals surface area contributed by atoms with E-state index in [1.165, 1.54) is 12.3 Å². The van der Waals surface area contributed by atoms with Gasteiger partial charge in [-0.2, -0.15) is 0 Å². The lowest BCUT2D eigenvalue weighted by Crippen LogP contribution is -2.33. The van der Waals surface area contributed by atoms with Crippen LogP contribution in [0, 0.1) is 10.1 Å². The highest BCUT2D eigenvalue weighted by Crippen LogP contribution is 2.19. The van der Waals surface area contributed by atoms with E-state index in [1.54, 1.807) is 0 Å². The lowest BCUT2D eigenvalue weighted by atomic mass is 10.3. The second-order valence-corrected chi connectivity index (χ2v) is 6.56. The van der Waals surface area contributed by atoms with Crippen LogP contribution >= 0.6 is 11.6 Å². The van der Waals surface area contributed by atoms with Crippen molar-refractivity contribution in [1.82, 2.24) is 4.98 Å². The van der Waals surface area contributed by atoms with Gasteiger partial charge in [-0.25, -0.2) is 8.42 Å². The van der Waals surface area contributed by atoms with E-state index in [9.17, 15) is 18.5 Å². The molecule has 0 aliphatic rings. The van der Waals surface area contributed by atoms with E-state index in [-0.39, 0.29) is 26.3 Å². The molecule has 0 atom stereocenters. The Labute approximate surface area is 129 Å². The molecule has 0 amide bonds. The summed E-state index contributed by atoms with van der Waals surface area (Å²) in [7, 11) is -4.04. The van der Waals surface area contributed by atoms with E-state index in [1.807, 2.05) is 0 Å². The highest BCUT2D eigenvalue weighted by Gasteiger charge is 2.20. The lowest BCUT2D eigenvalue weighted by Gasteiger charge is -2.04. The van der Waals surface area contributed by atoms with Crippen molar-refractivity contribution >= 4 is 37.3 Å². The third kappa shape index (κ3) is 2.76. The number of nitro benzene ring substituents is 1. The minimum atomic E-state index is -4.04. The minimum Gasteiger partial charge on any atom is -0.389 e. The Morgan fingerprint density at radius 2 is 1.77 bits per heavy atom. The molecule has 116 valence electrons. The summed E-state index contributed by atoms with van der Waals surface area (Å²) in [5, 5.41) is 10.3. The summed E-state index contributed by atoms with van der Waals surface area (Å²) < 4.78 is 24.9. The van der Waals surface area contributed by atoms with Crippen LogP contribution in [-0.4, -0.2) is 18.3 Å². The summed E-state index contributed by atoms with van der Waals surface area (Å²) in [6.45, 7) is 0. The fourth-order valence-corrected chi connectivity index (χ4v) is 3.16. The molecule has 0 saturated carbocycles. The van der Waals surface area contributed by atoms with Crippen LogP contribution in [0.5, 0.6) is 0 Å². The van der Waals surface area contributed by atoms with Crippen LogP contribution in [0.25, 0.3) is 10.2 Å². The van der Waals surface area contributed by atoms with Crippen LogP contribution in [0.15, 0.2) is 41.4 Å². The fourth-order valence-electron chi connectivity index (χ4n) is 1.79. The zero-order valence-electron chi connectivity index (χ0n) is 11.0. The predicted octanol–water partition coefficient (Wildman–Crippen LogP) is -0.316. The molecular weight excluding hydrogens is 332 g/mol. The number of hydrogen-bond donors (Lipinski definition) is 3. The maximum Gasteiger partial charge on any atom is 0.269 e. The van der Waals surface area contributed by atoms with Crippen molar-refractivity contribution in [1.29, 1.82) is 0 Å². The van der Waals surface area contributed by atoms with Gasteiger partial charge in [0.15, 0.2) is 0 Å². The number of aromatic nitrogens is 1. The monoisotopic (exact) mass is 342 g/mol. The number of nitrogens with two attached hydrogens (primary N) is 2. The molecule has 0 spiro atoms. The SMILES string of the molecule is N/C(Cl)=c1/[nH]cc/c1=C(/N)S(=O)(=O)c1ccc([N+](=O)[O-])cc1. The molecule has 0 aliphatic carbocycles. The maximum absolute atomic E-state index is 12.4. The van der Waals surface area contributed by atoms with Crippen LogP contribution in [0.3, 0.4) is 0 Å². The standard InChI is InChI=1S/C12H11ClN4O4S/c13-11(14)10-9(5-6-16-10)12(15)22(20,21)8-3-1-7(2-4-8)17(18)19/h1-6,16H,14-15H2/b11-10+,12-9+. The van der Waals surface area contributed by atoms with Crippen molar-refractivity contribution < 1.29 is 13.3 Å². The van der Waals surface area contributed by atoms with Gasteiger partial charge in [0.05, 0.1) is 15.2 Å². The molecule has 1 aromatic heterocycles. The lowest BCUT2D eigenvalue weighted by molar-refractivity contribution is -0.384. The smallest absolute Gasteiger partial charge is 0.269 e. The molecule has 0 fully saturated rings. The van der Waals surface area contributed by atoms with Crippen LogP contribution in [0.1, 0.15) is 0 Å². The third-order valence-corrected chi connectivity index (χ3v) is 4.78. The summed E-state index contributed by atoms with van der Waals surface area (Å²) >= 11 is 5.67. The summed E-state index contributed by atoms with van der Waals surface area (Å²) in [5.41, 5.74) is 11.0. The molecule has 5 N–H and O–H groups in total. The van der Waals surface area contributed by atoms with Crippen molar-refractivity contribution in [3.8, 4) is 0 Å². The van der Waals surface area contributed by atoms with Gasteiger partial charge >= 0.3 is 0 Å². The number of aromatic amines is 1. The molecule has 0 unspecified atom stereocenters. The topological polar surface area (TPSA) is 145 Å². The van der Waals surface area contributed by atoms with Crippen molar-refractivity contribution in [3.63, 3.8) is 0 Å². The molecule has 8 nitrogen and oxygen atoms in total. The van der Waals surface area contributed by atoms with Crippen molar-refractivity contribution in [2.24, 2.45) is 11.5 Å². The average Bonchev–Trinajstić information content (AvgIpc) is 2.96. The van der Waals surface area contributed by atoms with Crippen molar-refractivity contribution in [2.75, 3.05) is 0 Å². The molecule has 10 heteroatoms. The number of nitro groups is 1. The third-order valence-electron chi connectivity index (χ3n) is 2.90. The first-order valence-corrected chi connectivity index (χ1v) is 7.69. The molecule has 2 aromatic rings. The van der Waals surface area contributed by atoms with E-state index in [0.717, 1.165) is 24.3 Å². The molecule has 0 radical (unpaired) electrons. The van der Waals surface area contributed by atoms with Gasteiger partial charge < -0.3 is 16.5 Å². The Balaban J connectivity index is 2.67. The summed E-state index contributed by atoms with van der Waals surface area (Å²) in [6.07, 6.45) is 1.44. The van der Waals surface area contributed by atoms with Gasteiger partial charge in [-0.05, 0) is 18.2 Å². The zero-order chi connectivity index (χ0) is 16.5. The quantitative estimate of drug-likeness (QED) is 0.396. The zero-order valence-corrected chi connectivity index (χ0v) is 12.6. The largest absolute Gasteiger partial charge is 0.389 e. The number of hydrogen-bond acceptors (Lipinski definition) is 6. The average molecular weight is 343 g/mol. The molecule has 0 bridgehead atoms. The number of benzene rings is 1. The van der Waals surface area contributed by atoms with Crippen LogP contribution < -0.4 is 22.0 Å². The molecular formula is C12H11ClN4O4S. The first kappa shape index (κ1) is 15.9.